The topological polar surface area (TPSA) is 129 Å². The Kier molecular flexibility index (Phi) is 9.36. The van der Waals surface area contributed by atoms with Gasteiger partial charge in [0.05, 0.1) is 55.2 Å². The van der Waals surface area contributed by atoms with E-state index in [9.17, 15) is 0 Å². The minimum atomic E-state index is 0.850. The molecule has 0 unspecified atom stereocenters. The van der Waals surface area contributed by atoms with Crippen LogP contribution < -0.4 is 0 Å². The van der Waals surface area contributed by atoms with E-state index >= 15 is 0 Å². The van der Waals surface area contributed by atoms with Crippen LogP contribution in [0.1, 0.15) is 0 Å². The lowest BCUT2D eigenvalue weighted by Gasteiger charge is -2.20. The maximum absolute atomic E-state index is 5.13. The Hall–Kier alpha value is -12.4. The van der Waals surface area contributed by atoms with Crippen LogP contribution in [0.2, 0.25) is 0 Å². The van der Waals surface area contributed by atoms with Gasteiger partial charge >= 0.3 is 0 Å². The fraction of sp³-hybridized carbons (Fsp3) is 0. The molecule has 0 atom stereocenters. The maximum atomic E-state index is 5.13. The molecule has 11 aromatic carbocycles. The van der Waals surface area contributed by atoms with Crippen LogP contribution in [0.4, 0.5) is 0 Å². The molecule has 21 rings (SSSR count). The zero-order valence-electron chi connectivity index (χ0n) is 47.6. The summed E-state index contributed by atoms with van der Waals surface area (Å²) in [4.78, 5) is 50.5. The minimum Gasteiger partial charge on any atom is -0.254 e. The number of fused-ring (bicyclic) bond motifs is 15. The molecule has 0 aliphatic rings. The SMILES string of the molecule is c1cnc2c(c1)cc(-c1cc3c(-c4cc5cccnc5c5ncccc45)cc4c(-c5cc6cccnc6c6ncccc56)cc5c(-c6cc7cccnc7c7ncccc67)cc6c(-c7cc8cccnc8c8ncccc78)cc1c1c6c5c4c31)c1cccnc12. The molecular formula is C80H40N10. The molecule has 0 bridgehead atoms. The molecule has 10 nitrogen and oxygen atoms in total. The molecule has 0 aliphatic carbocycles. The second-order valence-electron chi connectivity index (χ2n) is 23.7. The second kappa shape index (κ2) is 17.6. The van der Waals surface area contributed by atoms with Crippen LogP contribution >= 0.6 is 0 Å². The van der Waals surface area contributed by atoms with Crippen LogP contribution in [-0.2, 0) is 0 Å². The Balaban J connectivity index is 1.05. The molecule has 21 aromatic rings. The summed E-state index contributed by atoms with van der Waals surface area (Å²) in [5, 5.41) is 21.7. The van der Waals surface area contributed by atoms with Crippen LogP contribution in [0.25, 0.3) is 219 Å². The van der Waals surface area contributed by atoms with Gasteiger partial charge in [0.15, 0.2) is 0 Å². The molecule has 10 heterocycles. The number of aromatic nitrogens is 10. The van der Waals surface area contributed by atoms with E-state index in [1.165, 1.54) is 26.9 Å². The van der Waals surface area contributed by atoms with Gasteiger partial charge < -0.3 is 0 Å². The zero-order valence-corrected chi connectivity index (χ0v) is 47.6. The van der Waals surface area contributed by atoms with Gasteiger partial charge in [-0.3, -0.25) is 49.8 Å². The van der Waals surface area contributed by atoms with Crippen molar-refractivity contribution >= 4 is 163 Å². The minimum absolute atomic E-state index is 0.850. The molecule has 0 saturated heterocycles. The third-order valence-electron chi connectivity index (χ3n) is 19.2. The van der Waals surface area contributed by atoms with Crippen molar-refractivity contribution in [2.24, 2.45) is 0 Å². The molecule has 0 fully saturated rings. The highest BCUT2D eigenvalue weighted by Gasteiger charge is 2.32. The molecule has 0 aliphatic heterocycles. The van der Waals surface area contributed by atoms with Gasteiger partial charge in [0.2, 0.25) is 0 Å². The lowest BCUT2D eigenvalue weighted by molar-refractivity contribution is 1.37. The number of hydrogen-bond donors (Lipinski definition) is 0. The van der Waals surface area contributed by atoms with E-state index in [1.807, 2.05) is 92.3 Å². The van der Waals surface area contributed by atoms with E-state index in [4.69, 9.17) is 49.8 Å². The summed E-state index contributed by atoms with van der Waals surface area (Å²) in [5.41, 5.74) is 19.3. The van der Waals surface area contributed by atoms with Crippen molar-refractivity contribution in [3.05, 3.63) is 244 Å². The molecule has 0 N–H and O–H groups in total. The molecule has 10 heteroatoms. The van der Waals surface area contributed by atoms with Gasteiger partial charge in [-0.1, -0.05) is 60.7 Å². The summed E-state index contributed by atoms with van der Waals surface area (Å²) >= 11 is 0. The van der Waals surface area contributed by atoms with Crippen molar-refractivity contribution < 1.29 is 0 Å². The van der Waals surface area contributed by atoms with Crippen molar-refractivity contribution in [1.82, 2.24) is 49.8 Å². The highest BCUT2D eigenvalue weighted by molar-refractivity contribution is 6.50. The fourth-order valence-corrected chi connectivity index (χ4v) is 15.6. The van der Waals surface area contributed by atoms with E-state index in [1.54, 1.807) is 0 Å². The van der Waals surface area contributed by atoms with Crippen LogP contribution in [0.3, 0.4) is 0 Å². The summed E-state index contributed by atoms with van der Waals surface area (Å²) in [7, 11) is 0. The summed E-state index contributed by atoms with van der Waals surface area (Å²) in [6.07, 6.45) is 18.7. The number of hydrogen-bond acceptors (Lipinski definition) is 10. The first-order valence-electron chi connectivity index (χ1n) is 30.1. The molecule has 10 aromatic heterocycles. The fourth-order valence-electron chi connectivity index (χ4n) is 15.6. The molecular weight excluding hydrogens is 1100 g/mol. The van der Waals surface area contributed by atoms with Gasteiger partial charge in [-0.2, -0.15) is 0 Å². The Bertz CT molecular complexity index is 5780. The van der Waals surface area contributed by atoms with Crippen LogP contribution in [0, 0.1) is 0 Å². The van der Waals surface area contributed by atoms with E-state index in [0.717, 1.165) is 192 Å². The molecule has 0 radical (unpaired) electrons. The maximum Gasteiger partial charge on any atom is 0.0970 e. The van der Waals surface area contributed by atoms with Gasteiger partial charge in [-0.05, 0) is 231 Å². The Morgan fingerprint density at radius 1 is 0.144 bits per heavy atom. The highest BCUT2D eigenvalue weighted by Crippen LogP contribution is 2.59. The molecule has 0 spiro atoms. The summed E-state index contributed by atoms with van der Waals surface area (Å²) in [5.74, 6) is 0. The number of nitrogens with zero attached hydrogens (tertiary/aromatic N) is 10. The largest absolute Gasteiger partial charge is 0.254 e. The molecule has 410 valence electrons. The monoisotopic (exact) mass is 1140 g/mol. The van der Waals surface area contributed by atoms with Gasteiger partial charge in [0, 0.05) is 116 Å². The van der Waals surface area contributed by atoms with Gasteiger partial charge in [0.1, 0.15) is 0 Å². The van der Waals surface area contributed by atoms with Gasteiger partial charge in [-0.15, -0.1) is 0 Å². The average molecular weight is 1140 g/mol. The Morgan fingerprint density at radius 2 is 0.300 bits per heavy atom. The van der Waals surface area contributed by atoms with Crippen molar-refractivity contribution in [2.75, 3.05) is 0 Å². The quantitative estimate of drug-likeness (QED) is 0.154. The first-order valence-corrected chi connectivity index (χ1v) is 30.1. The Morgan fingerprint density at radius 3 is 0.489 bits per heavy atom. The number of rotatable bonds is 5. The first-order chi connectivity index (χ1) is 44.7. The van der Waals surface area contributed by atoms with Crippen LogP contribution in [-0.4, -0.2) is 49.8 Å². The molecule has 0 amide bonds. The van der Waals surface area contributed by atoms with Crippen LogP contribution in [0.5, 0.6) is 0 Å². The third kappa shape index (κ3) is 6.34. The normalized spacial score (nSPS) is 12.4. The first kappa shape index (κ1) is 47.8. The van der Waals surface area contributed by atoms with E-state index in [-0.39, 0.29) is 0 Å². The van der Waals surface area contributed by atoms with Crippen molar-refractivity contribution in [1.29, 1.82) is 0 Å². The Labute approximate surface area is 509 Å². The van der Waals surface area contributed by atoms with E-state index in [0.29, 0.717) is 0 Å². The lowest BCUT2D eigenvalue weighted by atomic mass is 9.84. The van der Waals surface area contributed by atoms with Crippen LogP contribution in [0.15, 0.2) is 244 Å². The second-order valence-corrected chi connectivity index (χ2v) is 23.7. The lowest BCUT2D eigenvalue weighted by Crippen LogP contribution is -1.94. The summed E-state index contributed by atoms with van der Waals surface area (Å²) in [6.45, 7) is 0. The smallest absolute Gasteiger partial charge is 0.0970 e. The average Bonchev–Trinajstić information content (AvgIpc) is 1.49. The predicted molar refractivity (Wildman–Crippen MR) is 368 cm³/mol. The number of pyridine rings is 10. The van der Waals surface area contributed by atoms with Gasteiger partial charge in [-0.25, -0.2) is 0 Å². The van der Waals surface area contributed by atoms with Crippen molar-refractivity contribution in [2.45, 2.75) is 0 Å². The third-order valence-corrected chi connectivity index (χ3v) is 19.2. The molecule has 0 saturated carbocycles. The standard InChI is InChI=1S/C80H40N10/c1-11-41-31-51(46-16-6-26-86-76(46)71(41)81-21-1)56-36-62-58(53-33-43-13-3-23-83-73(43)78-48(53)18-8-28-88-78)38-64-60(55-35-45-15-5-25-85-75(45)80-50(55)20-10-30-90-80)40-65-59(54-34-44-14-4-24-84-74(44)79-49(54)19-9-29-89-79)39-63-57(37-61(56)66-67(62)69(64)70(65)68(63)66)52-32-42-12-2-22-82-72(42)77-47(52)17-7-27-87-77/h1-40H. The number of benzene rings is 10. The molecule has 90 heavy (non-hydrogen) atoms. The van der Waals surface area contributed by atoms with E-state index in [2.05, 4.69) is 152 Å². The summed E-state index contributed by atoms with van der Waals surface area (Å²) < 4.78 is 0. The van der Waals surface area contributed by atoms with Gasteiger partial charge in [0.25, 0.3) is 0 Å². The summed E-state index contributed by atoms with van der Waals surface area (Å²) in [6, 6.07) is 66.3. The van der Waals surface area contributed by atoms with Crippen molar-refractivity contribution in [3.8, 4) is 55.6 Å². The highest BCUT2D eigenvalue weighted by atomic mass is 14.8. The zero-order chi connectivity index (χ0) is 58.4. The predicted octanol–water partition coefficient (Wildman–Crippen LogP) is 19.6. The van der Waals surface area contributed by atoms with E-state index < -0.39 is 0 Å². The van der Waals surface area contributed by atoms with Crippen molar-refractivity contribution in [3.63, 3.8) is 0 Å².